The quantitative estimate of drug-likeness (QED) is 0.357. The highest BCUT2D eigenvalue weighted by Crippen LogP contribution is 2.38. The minimum atomic E-state index is -1.56. The molecule has 1 aromatic rings. The zero-order chi connectivity index (χ0) is 17.5. The van der Waals surface area contributed by atoms with Gasteiger partial charge in [-0.25, -0.2) is 4.39 Å². The van der Waals surface area contributed by atoms with Crippen LogP contribution in [0.3, 0.4) is 0 Å². The lowest BCUT2D eigenvalue weighted by Gasteiger charge is -2.27. The Bertz CT molecular complexity index is 525. The number of hydrogen-bond donors (Lipinski definition) is 3. The van der Waals surface area contributed by atoms with E-state index in [0.29, 0.717) is 30.5 Å². The molecule has 136 valence electrons. The van der Waals surface area contributed by atoms with Crippen LogP contribution in [-0.4, -0.2) is 22.9 Å². The third-order valence-corrected chi connectivity index (χ3v) is 5.64. The molecule has 1 aromatic carbocycles. The molecule has 0 aromatic heterocycles. The van der Waals surface area contributed by atoms with Crippen molar-refractivity contribution in [2.75, 3.05) is 12.8 Å². The van der Waals surface area contributed by atoms with E-state index in [-0.39, 0.29) is 18.3 Å². The van der Waals surface area contributed by atoms with Gasteiger partial charge in [-0.3, -0.25) is 0 Å². The summed E-state index contributed by atoms with van der Waals surface area (Å²) in [7, 11) is -1.56. The highest BCUT2D eigenvalue weighted by molar-refractivity contribution is 7.49. The second-order valence-electron chi connectivity index (χ2n) is 6.52. The topological polar surface area (TPSA) is 61.7 Å². The molecule has 1 aliphatic rings. The Kier molecular flexibility index (Phi) is 7.82. The SMILES string of the molecule is CC1CCC(c2ccc(OCCCCP(O)NO)c(F)c2F)CC1. The lowest BCUT2D eigenvalue weighted by molar-refractivity contribution is 0.238. The third kappa shape index (κ3) is 5.35. The number of unbranched alkanes of at least 4 members (excludes halogenated alkanes) is 1. The van der Waals surface area contributed by atoms with Crippen molar-refractivity contribution in [3.8, 4) is 5.75 Å². The highest BCUT2D eigenvalue weighted by atomic mass is 31.2. The molecule has 0 amide bonds. The number of benzene rings is 1. The van der Waals surface area contributed by atoms with Gasteiger partial charge in [-0.05, 0) is 49.1 Å². The van der Waals surface area contributed by atoms with Crippen molar-refractivity contribution < 1.29 is 23.6 Å². The first kappa shape index (κ1) is 19.5. The van der Waals surface area contributed by atoms with Crippen LogP contribution in [0.2, 0.25) is 0 Å². The normalized spacial score (nSPS) is 22.4. The molecule has 0 heterocycles. The first-order valence-electron chi connectivity index (χ1n) is 8.49. The molecule has 3 N–H and O–H groups in total. The molecule has 1 aliphatic carbocycles. The van der Waals surface area contributed by atoms with Crippen molar-refractivity contribution in [1.82, 2.24) is 5.25 Å². The fourth-order valence-corrected chi connectivity index (χ4v) is 3.76. The molecule has 1 saturated carbocycles. The smallest absolute Gasteiger partial charge is 0.200 e. The Labute approximate surface area is 143 Å². The second kappa shape index (κ2) is 9.62. The van der Waals surface area contributed by atoms with Crippen LogP contribution in [0.25, 0.3) is 0 Å². The highest BCUT2D eigenvalue weighted by Gasteiger charge is 2.25. The maximum atomic E-state index is 14.3. The lowest BCUT2D eigenvalue weighted by atomic mass is 9.79. The van der Waals surface area contributed by atoms with Crippen molar-refractivity contribution in [2.45, 2.75) is 51.4 Å². The van der Waals surface area contributed by atoms with E-state index in [4.69, 9.17) is 9.94 Å². The summed E-state index contributed by atoms with van der Waals surface area (Å²) in [6.45, 7) is 2.44. The zero-order valence-corrected chi connectivity index (χ0v) is 14.9. The van der Waals surface area contributed by atoms with Gasteiger partial charge in [-0.2, -0.15) is 9.64 Å². The van der Waals surface area contributed by atoms with Crippen molar-refractivity contribution in [1.29, 1.82) is 0 Å². The van der Waals surface area contributed by atoms with Crippen molar-refractivity contribution in [3.05, 3.63) is 29.3 Å². The average molecular weight is 361 g/mol. The summed E-state index contributed by atoms with van der Waals surface area (Å²) in [5.74, 6) is -0.993. The number of nitrogens with one attached hydrogen (secondary N) is 1. The van der Waals surface area contributed by atoms with Crippen molar-refractivity contribution >= 4 is 8.30 Å². The monoisotopic (exact) mass is 361 g/mol. The number of halogens is 2. The molecule has 2 rings (SSSR count). The predicted octanol–water partition coefficient (Wildman–Crippen LogP) is 4.70. The fourth-order valence-electron chi connectivity index (χ4n) is 3.14. The molecular formula is C17H26F2NO3P. The summed E-state index contributed by atoms with van der Waals surface area (Å²) in [4.78, 5) is 9.18. The summed E-state index contributed by atoms with van der Waals surface area (Å²) in [6, 6.07) is 3.16. The van der Waals surface area contributed by atoms with Crippen LogP contribution in [0.15, 0.2) is 12.1 Å². The van der Waals surface area contributed by atoms with E-state index in [1.165, 1.54) is 6.07 Å². The van der Waals surface area contributed by atoms with Gasteiger partial charge < -0.3 is 14.8 Å². The molecular weight excluding hydrogens is 335 g/mol. The van der Waals surface area contributed by atoms with Crippen LogP contribution in [0.5, 0.6) is 5.75 Å². The van der Waals surface area contributed by atoms with Crippen LogP contribution in [-0.2, 0) is 0 Å². The summed E-state index contributed by atoms with van der Waals surface area (Å²) < 4.78 is 33.9. The van der Waals surface area contributed by atoms with Crippen molar-refractivity contribution in [2.24, 2.45) is 5.92 Å². The minimum absolute atomic E-state index is 0.0630. The Morgan fingerprint density at radius 3 is 2.54 bits per heavy atom. The van der Waals surface area contributed by atoms with Gasteiger partial charge in [0.15, 0.2) is 11.6 Å². The fraction of sp³-hybridized carbons (Fsp3) is 0.647. The number of ether oxygens (including phenoxy) is 1. The maximum Gasteiger partial charge on any atom is 0.200 e. The molecule has 0 radical (unpaired) electrons. The first-order chi connectivity index (χ1) is 11.5. The number of hydrogen-bond acceptors (Lipinski definition) is 4. The van der Waals surface area contributed by atoms with Crippen LogP contribution in [0, 0.1) is 17.6 Å². The van der Waals surface area contributed by atoms with Gasteiger partial charge in [-0.15, -0.1) is 0 Å². The molecule has 4 nitrogen and oxygen atoms in total. The standard InChI is InChI=1S/C17H26F2NO3P/c1-12-4-6-13(7-5-12)14-8-9-15(17(19)16(14)18)23-10-2-3-11-24(22)20-21/h8-9,12-13,20-22H,2-7,10-11H2,1H3. The van der Waals surface area contributed by atoms with E-state index < -0.39 is 19.9 Å². The summed E-state index contributed by atoms with van der Waals surface area (Å²) in [5, 5.41) is 10.3. The van der Waals surface area contributed by atoms with Gasteiger partial charge in [0, 0.05) is 6.16 Å². The molecule has 7 heteroatoms. The van der Waals surface area contributed by atoms with E-state index in [1.807, 2.05) is 0 Å². The molecule has 0 spiro atoms. The Balaban J connectivity index is 1.87. The molecule has 0 saturated heterocycles. The van der Waals surface area contributed by atoms with Gasteiger partial charge >= 0.3 is 0 Å². The van der Waals surface area contributed by atoms with E-state index in [2.05, 4.69) is 6.92 Å². The summed E-state index contributed by atoms with van der Waals surface area (Å²) in [5.41, 5.74) is 0.465. The summed E-state index contributed by atoms with van der Waals surface area (Å²) in [6.07, 6.45) is 5.55. The minimum Gasteiger partial charge on any atom is -0.490 e. The van der Waals surface area contributed by atoms with Crippen LogP contribution >= 0.6 is 8.30 Å². The average Bonchev–Trinajstić information content (AvgIpc) is 2.59. The van der Waals surface area contributed by atoms with Crippen LogP contribution in [0.1, 0.15) is 56.9 Å². The van der Waals surface area contributed by atoms with E-state index in [0.717, 1.165) is 25.7 Å². The predicted molar refractivity (Wildman–Crippen MR) is 90.4 cm³/mol. The van der Waals surface area contributed by atoms with E-state index >= 15 is 0 Å². The third-order valence-electron chi connectivity index (χ3n) is 4.67. The molecule has 1 unspecified atom stereocenters. The van der Waals surface area contributed by atoms with Crippen LogP contribution in [0.4, 0.5) is 8.78 Å². The molecule has 1 fully saturated rings. The maximum absolute atomic E-state index is 14.3. The van der Waals surface area contributed by atoms with Gasteiger partial charge in [0.1, 0.15) is 8.30 Å². The second-order valence-corrected chi connectivity index (χ2v) is 7.96. The van der Waals surface area contributed by atoms with Gasteiger partial charge in [-0.1, -0.05) is 25.8 Å². The largest absolute Gasteiger partial charge is 0.490 e. The molecule has 0 aliphatic heterocycles. The number of rotatable bonds is 8. The first-order valence-corrected chi connectivity index (χ1v) is 9.97. The zero-order valence-electron chi connectivity index (χ0n) is 14.0. The summed E-state index contributed by atoms with van der Waals surface area (Å²) >= 11 is 0. The Morgan fingerprint density at radius 1 is 1.17 bits per heavy atom. The van der Waals surface area contributed by atoms with Gasteiger partial charge in [0.05, 0.1) is 6.61 Å². The molecule has 0 bridgehead atoms. The Hall–Kier alpha value is -0.810. The molecule has 1 atom stereocenters. The van der Waals surface area contributed by atoms with Gasteiger partial charge in [0.25, 0.3) is 0 Å². The van der Waals surface area contributed by atoms with Crippen LogP contribution < -0.4 is 9.99 Å². The van der Waals surface area contributed by atoms with Crippen molar-refractivity contribution in [3.63, 3.8) is 0 Å². The lowest BCUT2D eigenvalue weighted by Crippen LogP contribution is -2.13. The van der Waals surface area contributed by atoms with E-state index in [9.17, 15) is 13.7 Å². The Morgan fingerprint density at radius 2 is 1.88 bits per heavy atom. The van der Waals surface area contributed by atoms with Gasteiger partial charge in [0.2, 0.25) is 5.82 Å². The molecule has 24 heavy (non-hydrogen) atoms. The van der Waals surface area contributed by atoms with E-state index in [1.54, 1.807) is 11.3 Å².